The third kappa shape index (κ3) is 4.98. The highest BCUT2D eigenvalue weighted by molar-refractivity contribution is 7.99. The summed E-state index contributed by atoms with van der Waals surface area (Å²) in [6, 6.07) is 6.26. The molecule has 0 saturated carbocycles. The van der Waals surface area contributed by atoms with E-state index in [9.17, 15) is 9.18 Å². The van der Waals surface area contributed by atoms with Gasteiger partial charge in [0, 0.05) is 32.7 Å². The highest BCUT2D eigenvalue weighted by Crippen LogP contribution is 2.20. The van der Waals surface area contributed by atoms with Crippen molar-refractivity contribution in [3.8, 4) is 5.75 Å². The number of hydrogen-bond acceptors (Lipinski definition) is 6. The van der Waals surface area contributed by atoms with Crippen LogP contribution in [0.25, 0.3) is 0 Å². The van der Waals surface area contributed by atoms with Crippen molar-refractivity contribution in [1.29, 1.82) is 0 Å². The molecule has 1 amide bonds. The lowest BCUT2D eigenvalue weighted by molar-refractivity contribution is -0.129. The van der Waals surface area contributed by atoms with Gasteiger partial charge in [0.05, 0.1) is 5.75 Å². The molecule has 0 radical (unpaired) electrons. The normalized spacial score (nSPS) is 15.1. The molecule has 9 heteroatoms. The van der Waals surface area contributed by atoms with Crippen LogP contribution >= 0.6 is 11.8 Å². The molecule has 0 bridgehead atoms. The van der Waals surface area contributed by atoms with Crippen LogP contribution < -0.4 is 4.74 Å². The highest BCUT2D eigenvalue weighted by atomic mass is 32.2. The number of benzene rings is 1. The zero-order valence-electron chi connectivity index (χ0n) is 15.6. The van der Waals surface area contributed by atoms with E-state index in [2.05, 4.69) is 22.1 Å². The molecule has 3 rings (SSSR count). The number of thioether (sulfide) groups is 1. The number of rotatable bonds is 7. The molecule has 0 atom stereocenters. The van der Waals surface area contributed by atoms with Crippen LogP contribution in [-0.4, -0.2) is 69.5 Å². The first-order chi connectivity index (χ1) is 13.1. The summed E-state index contributed by atoms with van der Waals surface area (Å²) in [5, 5.41) is 8.99. The van der Waals surface area contributed by atoms with E-state index in [1.54, 1.807) is 18.2 Å². The summed E-state index contributed by atoms with van der Waals surface area (Å²) in [6.07, 6.45) is 0. The van der Waals surface area contributed by atoms with E-state index < -0.39 is 5.82 Å². The van der Waals surface area contributed by atoms with Crippen molar-refractivity contribution in [1.82, 2.24) is 24.6 Å². The number of amides is 1. The highest BCUT2D eigenvalue weighted by Gasteiger charge is 2.20. The minimum absolute atomic E-state index is 0.114. The van der Waals surface area contributed by atoms with E-state index in [-0.39, 0.29) is 18.3 Å². The molecule has 0 N–H and O–H groups in total. The van der Waals surface area contributed by atoms with E-state index in [1.807, 2.05) is 16.4 Å². The van der Waals surface area contributed by atoms with Crippen LogP contribution in [-0.2, 0) is 17.9 Å². The Morgan fingerprint density at radius 2 is 1.96 bits per heavy atom. The summed E-state index contributed by atoms with van der Waals surface area (Å²) >= 11 is 1.37. The van der Waals surface area contributed by atoms with Crippen molar-refractivity contribution >= 4 is 17.7 Å². The van der Waals surface area contributed by atoms with Gasteiger partial charge in [0.1, 0.15) is 6.61 Å². The molecule has 1 aromatic heterocycles. The Morgan fingerprint density at radius 1 is 1.22 bits per heavy atom. The smallest absolute Gasteiger partial charge is 0.233 e. The molecular weight excluding hydrogens is 369 g/mol. The van der Waals surface area contributed by atoms with Gasteiger partial charge in [-0.1, -0.05) is 23.9 Å². The minimum atomic E-state index is -0.410. The molecule has 0 unspecified atom stereocenters. The molecule has 2 heterocycles. The Labute approximate surface area is 162 Å². The van der Waals surface area contributed by atoms with E-state index in [0.717, 1.165) is 26.2 Å². The van der Waals surface area contributed by atoms with Crippen molar-refractivity contribution < 1.29 is 13.9 Å². The fraction of sp³-hybridized carbons (Fsp3) is 0.500. The summed E-state index contributed by atoms with van der Waals surface area (Å²) in [5.74, 6) is 0.823. The summed E-state index contributed by atoms with van der Waals surface area (Å²) in [6.45, 7) is 6.07. The topological polar surface area (TPSA) is 63.5 Å². The molecule has 0 spiro atoms. The molecule has 27 heavy (non-hydrogen) atoms. The second kappa shape index (κ2) is 9.18. The van der Waals surface area contributed by atoms with Crippen LogP contribution in [0.15, 0.2) is 29.4 Å². The van der Waals surface area contributed by atoms with E-state index in [1.165, 1.54) is 17.8 Å². The first-order valence-electron chi connectivity index (χ1n) is 8.97. The summed E-state index contributed by atoms with van der Waals surface area (Å²) in [7, 11) is 2.06. The van der Waals surface area contributed by atoms with Crippen LogP contribution in [0, 0.1) is 5.82 Å². The monoisotopic (exact) mass is 393 g/mol. The Balaban J connectivity index is 1.57. The molecule has 7 nitrogen and oxygen atoms in total. The van der Waals surface area contributed by atoms with Gasteiger partial charge in [0.15, 0.2) is 22.5 Å². The van der Waals surface area contributed by atoms with Gasteiger partial charge in [-0.05, 0) is 26.1 Å². The molecule has 1 aromatic carbocycles. The van der Waals surface area contributed by atoms with E-state index in [0.29, 0.717) is 23.3 Å². The number of piperazine rings is 1. The lowest BCUT2D eigenvalue weighted by Gasteiger charge is -2.32. The van der Waals surface area contributed by atoms with Gasteiger partial charge in [0.2, 0.25) is 5.91 Å². The number of likely N-dealkylation sites (N-methyl/N-ethyl adjacent to an activating group) is 1. The fourth-order valence-electron chi connectivity index (χ4n) is 2.83. The molecular formula is C18H24FN5O2S. The second-order valence-corrected chi connectivity index (χ2v) is 7.28. The average Bonchev–Trinajstić information content (AvgIpc) is 3.08. The maximum Gasteiger partial charge on any atom is 0.233 e. The van der Waals surface area contributed by atoms with Gasteiger partial charge in [-0.3, -0.25) is 4.79 Å². The molecule has 0 aliphatic carbocycles. The van der Waals surface area contributed by atoms with Crippen molar-refractivity contribution in [3.05, 3.63) is 35.9 Å². The largest absolute Gasteiger partial charge is 0.483 e. The van der Waals surface area contributed by atoms with Crippen LogP contribution in [0.3, 0.4) is 0 Å². The Kier molecular flexibility index (Phi) is 6.68. The number of aromatic nitrogens is 3. The summed E-state index contributed by atoms with van der Waals surface area (Å²) < 4.78 is 21.1. The van der Waals surface area contributed by atoms with Crippen molar-refractivity contribution in [2.75, 3.05) is 39.0 Å². The Bertz CT molecular complexity index is 777. The van der Waals surface area contributed by atoms with Crippen LogP contribution in [0.2, 0.25) is 0 Å². The maximum absolute atomic E-state index is 13.7. The minimum Gasteiger partial charge on any atom is -0.483 e. The fourth-order valence-corrected chi connectivity index (χ4v) is 3.75. The average molecular weight is 393 g/mol. The summed E-state index contributed by atoms with van der Waals surface area (Å²) in [4.78, 5) is 16.5. The zero-order valence-corrected chi connectivity index (χ0v) is 16.4. The van der Waals surface area contributed by atoms with Crippen molar-refractivity contribution in [2.45, 2.75) is 25.2 Å². The number of nitrogens with zero attached hydrogens (tertiary/aromatic N) is 5. The lowest BCUT2D eigenvalue weighted by atomic mass is 10.3. The molecule has 1 saturated heterocycles. The molecule has 2 aromatic rings. The van der Waals surface area contributed by atoms with Gasteiger partial charge >= 0.3 is 0 Å². The third-order valence-electron chi connectivity index (χ3n) is 4.48. The molecule has 146 valence electrons. The number of carbonyl (C=O) groups is 1. The summed E-state index contributed by atoms with van der Waals surface area (Å²) in [5.41, 5.74) is 0. The van der Waals surface area contributed by atoms with Crippen LogP contribution in [0.4, 0.5) is 4.39 Å². The zero-order chi connectivity index (χ0) is 19.2. The predicted molar refractivity (Wildman–Crippen MR) is 101 cm³/mol. The lowest BCUT2D eigenvalue weighted by Crippen LogP contribution is -2.47. The van der Waals surface area contributed by atoms with Crippen molar-refractivity contribution in [3.63, 3.8) is 0 Å². The Morgan fingerprint density at radius 3 is 2.67 bits per heavy atom. The van der Waals surface area contributed by atoms with Gasteiger partial charge in [-0.2, -0.15) is 0 Å². The van der Waals surface area contributed by atoms with Crippen LogP contribution in [0.1, 0.15) is 12.7 Å². The number of halogens is 1. The SMILES string of the molecule is CCn1c(COc2ccccc2F)nnc1SCC(=O)N1CCN(C)CC1. The predicted octanol–water partition coefficient (Wildman–Crippen LogP) is 1.88. The maximum atomic E-state index is 13.7. The number of hydrogen-bond donors (Lipinski definition) is 0. The molecule has 1 aliphatic heterocycles. The van der Waals surface area contributed by atoms with E-state index in [4.69, 9.17) is 4.74 Å². The van der Waals surface area contributed by atoms with Crippen molar-refractivity contribution in [2.24, 2.45) is 0 Å². The number of ether oxygens (including phenoxy) is 1. The first kappa shape index (κ1) is 19.6. The van der Waals surface area contributed by atoms with E-state index >= 15 is 0 Å². The molecule has 1 aliphatic rings. The van der Waals surface area contributed by atoms with Gasteiger partial charge in [0.25, 0.3) is 0 Å². The first-order valence-corrected chi connectivity index (χ1v) is 9.95. The van der Waals surface area contributed by atoms with Gasteiger partial charge in [-0.25, -0.2) is 4.39 Å². The molecule has 1 fully saturated rings. The standard InChI is InChI=1S/C18H24FN5O2S/c1-3-24-16(12-26-15-7-5-4-6-14(15)19)20-21-18(24)27-13-17(25)23-10-8-22(2)9-11-23/h4-7H,3,8-13H2,1-2H3. The Hall–Kier alpha value is -2.13. The number of para-hydroxylation sites is 1. The third-order valence-corrected chi connectivity index (χ3v) is 5.44. The quantitative estimate of drug-likeness (QED) is 0.670. The number of carbonyl (C=O) groups excluding carboxylic acids is 1. The van der Waals surface area contributed by atoms with Gasteiger partial charge < -0.3 is 19.1 Å². The second-order valence-electron chi connectivity index (χ2n) is 6.33. The van der Waals surface area contributed by atoms with Gasteiger partial charge in [-0.15, -0.1) is 10.2 Å². The van der Waals surface area contributed by atoms with Crippen LogP contribution in [0.5, 0.6) is 5.75 Å².